The summed E-state index contributed by atoms with van der Waals surface area (Å²) in [4.78, 5) is 29.6. The molecule has 9 heteroatoms. The van der Waals surface area contributed by atoms with Crippen molar-refractivity contribution in [2.24, 2.45) is 0 Å². The van der Waals surface area contributed by atoms with Crippen LogP contribution in [0.15, 0.2) is 93.8 Å². The molecular formula is C30H23ClFN3O4. The fourth-order valence-corrected chi connectivity index (χ4v) is 4.80. The molecule has 3 heterocycles. The van der Waals surface area contributed by atoms with Crippen LogP contribution in [0, 0.1) is 5.82 Å². The molecular weight excluding hydrogens is 521 g/mol. The summed E-state index contributed by atoms with van der Waals surface area (Å²) in [7, 11) is 0. The van der Waals surface area contributed by atoms with Crippen molar-refractivity contribution in [3.63, 3.8) is 0 Å². The number of para-hydroxylation sites is 1. The molecule has 39 heavy (non-hydrogen) atoms. The zero-order valence-electron chi connectivity index (χ0n) is 20.7. The van der Waals surface area contributed by atoms with Crippen LogP contribution in [0.1, 0.15) is 21.1 Å². The lowest BCUT2D eigenvalue weighted by Crippen LogP contribution is -2.48. The van der Waals surface area contributed by atoms with Crippen molar-refractivity contribution in [1.82, 2.24) is 4.90 Å². The summed E-state index contributed by atoms with van der Waals surface area (Å²) in [6.07, 6.45) is 0. The molecule has 0 spiro atoms. The number of fused-ring (bicyclic) bond motifs is 1. The fourth-order valence-electron chi connectivity index (χ4n) is 4.62. The van der Waals surface area contributed by atoms with Crippen LogP contribution in [0.25, 0.3) is 22.3 Å². The lowest BCUT2D eigenvalue weighted by molar-refractivity contribution is 0.0717. The minimum Gasteiger partial charge on any atom is -0.451 e. The normalized spacial score (nSPS) is 13.6. The van der Waals surface area contributed by atoms with Crippen LogP contribution in [0.3, 0.4) is 0 Å². The molecule has 1 fully saturated rings. The molecule has 6 rings (SSSR count). The second-order valence-electron chi connectivity index (χ2n) is 9.22. The maximum Gasteiger partial charge on any atom is 0.291 e. The van der Waals surface area contributed by atoms with Gasteiger partial charge in [0.25, 0.3) is 11.8 Å². The predicted octanol–water partition coefficient (Wildman–Crippen LogP) is 6.70. The average molecular weight is 544 g/mol. The maximum atomic E-state index is 13.4. The van der Waals surface area contributed by atoms with Gasteiger partial charge in [-0.3, -0.25) is 9.59 Å². The van der Waals surface area contributed by atoms with Gasteiger partial charge < -0.3 is 24.0 Å². The molecule has 0 atom stereocenters. The molecule has 1 saturated heterocycles. The minimum atomic E-state index is -0.522. The molecule has 1 aliphatic rings. The average Bonchev–Trinajstić information content (AvgIpc) is 3.63. The van der Waals surface area contributed by atoms with Crippen molar-refractivity contribution in [3.05, 3.63) is 107 Å². The molecule has 0 unspecified atom stereocenters. The summed E-state index contributed by atoms with van der Waals surface area (Å²) < 4.78 is 24.8. The summed E-state index contributed by atoms with van der Waals surface area (Å²) in [5.41, 5.74) is 2.89. The van der Waals surface area contributed by atoms with Crippen molar-refractivity contribution >= 4 is 45.8 Å². The van der Waals surface area contributed by atoms with E-state index in [4.69, 9.17) is 20.4 Å². The topological polar surface area (TPSA) is 78.9 Å². The van der Waals surface area contributed by atoms with E-state index in [9.17, 15) is 14.0 Å². The number of carbonyl (C=O) groups excluding carboxylic acids is 2. The number of benzene rings is 3. The van der Waals surface area contributed by atoms with Gasteiger partial charge in [-0.25, -0.2) is 4.39 Å². The first kappa shape index (κ1) is 24.8. The number of hydrogen-bond donors (Lipinski definition) is 1. The summed E-state index contributed by atoms with van der Waals surface area (Å²) in [6.45, 7) is 2.52. The summed E-state index contributed by atoms with van der Waals surface area (Å²) in [6, 6.07) is 24.3. The Labute approximate surface area is 228 Å². The lowest BCUT2D eigenvalue weighted by atomic mass is 10.2. The highest BCUT2D eigenvalue weighted by atomic mass is 35.5. The molecule has 2 aromatic heterocycles. The third-order valence-electron chi connectivity index (χ3n) is 6.73. The van der Waals surface area contributed by atoms with Gasteiger partial charge in [0, 0.05) is 48.5 Å². The second kappa shape index (κ2) is 10.3. The van der Waals surface area contributed by atoms with E-state index >= 15 is 0 Å². The number of anilines is 2. The first-order chi connectivity index (χ1) is 18.9. The van der Waals surface area contributed by atoms with Gasteiger partial charge in [0.05, 0.1) is 5.02 Å². The van der Waals surface area contributed by atoms with Crippen LogP contribution in [0.5, 0.6) is 0 Å². The summed E-state index contributed by atoms with van der Waals surface area (Å²) in [5.74, 6) is -0.135. The standard InChI is InChI=1S/C30H23ClFN3O4/c31-23-17-20(5-10-24(23)32)26-11-12-27(38-26)29(36)33-21-6-8-22(9-7-21)34-13-15-35(16-14-34)30(37)28-18-19-3-1-2-4-25(19)39-28/h1-12,17-18H,13-16H2,(H,33,36). The molecule has 1 aliphatic heterocycles. The number of furan rings is 2. The number of rotatable bonds is 5. The van der Waals surface area contributed by atoms with E-state index in [2.05, 4.69) is 10.2 Å². The van der Waals surface area contributed by atoms with Gasteiger partial charge in [-0.05, 0) is 66.7 Å². The van der Waals surface area contributed by atoms with Gasteiger partial charge >= 0.3 is 0 Å². The van der Waals surface area contributed by atoms with E-state index in [1.54, 1.807) is 23.1 Å². The zero-order chi connectivity index (χ0) is 26.9. The number of nitrogens with one attached hydrogen (secondary N) is 1. The Morgan fingerprint density at radius 3 is 2.33 bits per heavy atom. The molecule has 0 radical (unpaired) electrons. The molecule has 3 aromatic carbocycles. The predicted molar refractivity (Wildman–Crippen MR) is 148 cm³/mol. The smallest absolute Gasteiger partial charge is 0.291 e. The van der Waals surface area contributed by atoms with Gasteiger partial charge in [0.15, 0.2) is 11.5 Å². The number of halogens is 2. The maximum absolute atomic E-state index is 13.4. The van der Waals surface area contributed by atoms with Crippen LogP contribution in [-0.4, -0.2) is 42.9 Å². The Balaban J connectivity index is 1.05. The quantitative estimate of drug-likeness (QED) is 0.267. The Kier molecular flexibility index (Phi) is 6.54. The van der Waals surface area contributed by atoms with Crippen molar-refractivity contribution in [3.8, 4) is 11.3 Å². The molecule has 1 N–H and O–H groups in total. The van der Waals surface area contributed by atoms with Crippen LogP contribution in [-0.2, 0) is 0 Å². The molecule has 196 valence electrons. The van der Waals surface area contributed by atoms with Gasteiger partial charge in [-0.15, -0.1) is 0 Å². The fraction of sp³-hybridized carbons (Fsp3) is 0.133. The Morgan fingerprint density at radius 1 is 0.821 bits per heavy atom. The number of amides is 2. The number of hydrogen-bond acceptors (Lipinski definition) is 5. The lowest BCUT2D eigenvalue weighted by Gasteiger charge is -2.35. The third-order valence-corrected chi connectivity index (χ3v) is 7.02. The Hall–Kier alpha value is -4.56. The van der Waals surface area contributed by atoms with Crippen LogP contribution in [0.2, 0.25) is 5.02 Å². The molecule has 2 amide bonds. The SMILES string of the molecule is O=C(Nc1ccc(N2CCN(C(=O)c3cc4ccccc4o3)CC2)cc1)c1ccc(-c2ccc(F)c(Cl)c2)o1. The second-order valence-corrected chi connectivity index (χ2v) is 9.63. The highest BCUT2D eigenvalue weighted by molar-refractivity contribution is 6.31. The van der Waals surface area contributed by atoms with Crippen LogP contribution >= 0.6 is 11.6 Å². The molecule has 0 aliphatic carbocycles. The van der Waals surface area contributed by atoms with Gasteiger partial charge in [-0.2, -0.15) is 0 Å². The van der Waals surface area contributed by atoms with E-state index in [-0.39, 0.29) is 16.7 Å². The minimum absolute atomic E-state index is 0.0193. The van der Waals surface area contributed by atoms with E-state index in [1.165, 1.54) is 18.2 Å². The third kappa shape index (κ3) is 5.11. The van der Waals surface area contributed by atoms with E-state index in [0.29, 0.717) is 54.5 Å². The summed E-state index contributed by atoms with van der Waals surface area (Å²) in [5, 5.41) is 3.72. The van der Waals surface area contributed by atoms with Gasteiger partial charge in [-0.1, -0.05) is 29.8 Å². The molecule has 5 aromatic rings. The number of piperazine rings is 1. The van der Waals surface area contributed by atoms with Crippen molar-refractivity contribution in [1.29, 1.82) is 0 Å². The van der Waals surface area contributed by atoms with Crippen molar-refractivity contribution in [2.45, 2.75) is 0 Å². The van der Waals surface area contributed by atoms with Crippen molar-refractivity contribution < 1.29 is 22.8 Å². The zero-order valence-corrected chi connectivity index (χ0v) is 21.5. The largest absolute Gasteiger partial charge is 0.451 e. The first-order valence-electron chi connectivity index (χ1n) is 12.4. The monoisotopic (exact) mass is 543 g/mol. The van der Waals surface area contributed by atoms with E-state index in [0.717, 1.165) is 11.1 Å². The highest BCUT2D eigenvalue weighted by Crippen LogP contribution is 2.27. The Morgan fingerprint density at radius 2 is 1.59 bits per heavy atom. The van der Waals surface area contributed by atoms with E-state index in [1.807, 2.05) is 48.5 Å². The van der Waals surface area contributed by atoms with E-state index < -0.39 is 11.7 Å². The highest BCUT2D eigenvalue weighted by Gasteiger charge is 2.25. The number of nitrogens with zero attached hydrogens (tertiary/aromatic N) is 2. The Bertz CT molecular complexity index is 1640. The number of carbonyl (C=O) groups is 2. The van der Waals surface area contributed by atoms with Crippen molar-refractivity contribution in [2.75, 3.05) is 36.4 Å². The first-order valence-corrected chi connectivity index (χ1v) is 12.8. The van der Waals surface area contributed by atoms with Gasteiger partial charge in [0.2, 0.25) is 0 Å². The van der Waals surface area contributed by atoms with Crippen LogP contribution in [0.4, 0.5) is 15.8 Å². The van der Waals surface area contributed by atoms with Crippen LogP contribution < -0.4 is 10.2 Å². The molecule has 0 saturated carbocycles. The summed E-state index contributed by atoms with van der Waals surface area (Å²) >= 11 is 5.85. The van der Waals surface area contributed by atoms with Gasteiger partial charge in [0.1, 0.15) is 17.2 Å². The molecule has 7 nitrogen and oxygen atoms in total. The molecule has 0 bridgehead atoms.